The fourth-order valence-electron chi connectivity index (χ4n) is 3.86. The second-order valence-electron chi connectivity index (χ2n) is 8.59. The van der Waals surface area contributed by atoms with Crippen LogP contribution >= 0.6 is 11.6 Å². The molecule has 0 aliphatic rings. The molecular formula is C28H22ClN8O4S+. The van der Waals surface area contributed by atoms with Crippen LogP contribution in [0.25, 0.3) is 11.0 Å². The Balaban J connectivity index is 1.52. The van der Waals surface area contributed by atoms with E-state index in [1.165, 1.54) is 19.2 Å². The molecule has 0 aliphatic heterocycles. The highest BCUT2D eigenvalue weighted by atomic mass is 35.5. The molecule has 0 aliphatic carbocycles. The monoisotopic (exact) mass is 601 g/mol. The summed E-state index contributed by atoms with van der Waals surface area (Å²) < 4.78 is 29.6. The Labute approximate surface area is 247 Å². The van der Waals surface area contributed by atoms with Crippen molar-refractivity contribution in [3.8, 4) is 5.75 Å². The summed E-state index contributed by atoms with van der Waals surface area (Å²) in [7, 11) is 1.52. The molecule has 5 aromatic rings. The molecule has 0 saturated heterocycles. The molecule has 0 saturated carbocycles. The van der Waals surface area contributed by atoms with Crippen LogP contribution in [0.4, 0.5) is 23.0 Å². The first-order valence-electron chi connectivity index (χ1n) is 12.3. The number of nitrogens with one attached hydrogen (secondary N) is 1. The van der Waals surface area contributed by atoms with Crippen LogP contribution in [0.5, 0.6) is 5.75 Å². The minimum Gasteiger partial charge on any atom is -0.497 e. The number of benzene rings is 3. The van der Waals surface area contributed by atoms with Crippen molar-refractivity contribution in [2.24, 2.45) is 10.2 Å². The molecule has 14 heteroatoms. The highest BCUT2D eigenvalue weighted by Gasteiger charge is 2.24. The molecule has 0 radical (unpaired) electrons. The van der Waals surface area contributed by atoms with E-state index in [1.807, 2.05) is 6.07 Å². The predicted octanol–water partition coefficient (Wildman–Crippen LogP) is 6.02. The number of carbonyl (C=O) groups is 1. The summed E-state index contributed by atoms with van der Waals surface area (Å²) in [4.78, 5) is 29.7. The summed E-state index contributed by atoms with van der Waals surface area (Å²) in [5.74, 6) is -0.0168. The number of fused-ring (bicyclic) bond motifs is 1. The summed E-state index contributed by atoms with van der Waals surface area (Å²) in [6, 6.07) is 21.6. The fraction of sp³-hybridized carbons (Fsp3) is 0.0714. The molecule has 1 unspecified atom stereocenters. The third kappa shape index (κ3) is 6.62. The van der Waals surface area contributed by atoms with Crippen LogP contribution in [0.3, 0.4) is 0 Å². The van der Waals surface area contributed by atoms with E-state index in [0.29, 0.717) is 27.5 Å². The summed E-state index contributed by atoms with van der Waals surface area (Å²) in [5, 5.41) is 11.0. The number of methoxy groups -OCH3 is 1. The molecular weight excluding hydrogens is 580 g/mol. The van der Waals surface area contributed by atoms with Crippen molar-refractivity contribution in [1.82, 2.24) is 19.9 Å². The van der Waals surface area contributed by atoms with Gasteiger partial charge in [0.15, 0.2) is 11.6 Å². The van der Waals surface area contributed by atoms with Gasteiger partial charge in [-0.2, -0.15) is 0 Å². The number of carbonyl (C=O) groups excluding carboxylic acids is 1. The summed E-state index contributed by atoms with van der Waals surface area (Å²) in [6.07, 6.45) is 3.27. The topological polar surface area (TPSA) is 156 Å². The Bertz CT molecular complexity index is 1850. The molecule has 2 N–H and O–H groups in total. The van der Waals surface area contributed by atoms with Gasteiger partial charge in [0.05, 0.1) is 40.1 Å². The number of ether oxygens (including phenoxy) is 1. The highest BCUT2D eigenvalue weighted by molar-refractivity contribution is 7.81. The number of aromatic nitrogens is 3. The number of hydrogen-bond donors (Lipinski definition) is 2. The van der Waals surface area contributed by atoms with Gasteiger partial charge in [-0.15, -0.1) is 0 Å². The second kappa shape index (κ2) is 13.1. The lowest BCUT2D eigenvalue weighted by atomic mass is 10.2. The van der Waals surface area contributed by atoms with Crippen LogP contribution in [-0.4, -0.2) is 36.7 Å². The Morgan fingerprint density at radius 3 is 2.62 bits per heavy atom. The highest BCUT2D eigenvalue weighted by Crippen LogP contribution is 2.36. The maximum absolute atomic E-state index is 12.8. The average Bonchev–Trinajstić information content (AvgIpc) is 3.01. The lowest BCUT2D eigenvalue weighted by Gasteiger charge is -2.22. The molecule has 2 aromatic heterocycles. The van der Waals surface area contributed by atoms with E-state index in [0.717, 1.165) is 9.87 Å². The van der Waals surface area contributed by atoms with E-state index in [1.54, 1.807) is 73.1 Å². The number of nitrogens with zero attached hydrogens (tertiary/aromatic N) is 7. The van der Waals surface area contributed by atoms with Gasteiger partial charge in [0.2, 0.25) is 10.0 Å². The maximum Gasteiger partial charge on any atom is 0.360 e. The van der Waals surface area contributed by atoms with Crippen LogP contribution in [-0.2, 0) is 17.8 Å². The Morgan fingerprint density at radius 2 is 1.88 bits per heavy atom. The van der Waals surface area contributed by atoms with Crippen molar-refractivity contribution < 1.29 is 18.3 Å². The van der Waals surface area contributed by atoms with Crippen molar-refractivity contribution in [3.63, 3.8) is 0 Å². The predicted molar refractivity (Wildman–Crippen MR) is 159 cm³/mol. The van der Waals surface area contributed by atoms with Gasteiger partial charge in [-0.1, -0.05) is 35.9 Å². The van der Waals surface area contributed by atoms with Crippen molar-refractivity contribution in [2.75, 3.05) is 16.7 Å². The van der Waals surface area contributed by atoms with Gasteiger partial charge in [0.1, 0.15) is 17.4 Å². The molecule has 0 fully saturated rings. The Kier molecular flexibility index (Phi) is 8.85. The first-order valence-corrected chi connectivity index (χ1v) is 13.8. The van der Waals surface area contributed by atoms with Gasteiger partial charge in [-0.25, -0.2) is 18.5 Å². The largest absolute Gasteiger partial charge is 0.497 e. The number of anilines is 4. The molecule has 1 amide bonds. The molecule has 5 rings (SSSR count). The molecule has 42 heavy (non-hydrogen) atoms. The van der Waals surface area contributed by atoms with Crippen LogP contribution < -0.4 is 19.3 Å². The quantitative estimate of drug-likeness (QED) is 0.118. The first kappa shape index (κ1) is 28.5. The molecule has 3 aromatic carbocycles. The standard InChI is InChI=1S/C28H21ClN8O4S/c1-41-21-11-12-22(29)25(15-21)33-26-27(34-24-10-3-2-9-23(24)32-26)37(42(39)40)20-8-4-7-19(14-20)28(38)35-36-31-17-18-6-5-13-30-16-18/h2-16H,17H2,1H3,(H-,32,33,39,40)/p+1. The van der Waals surface area contributed by atoms with E-state index in [9.17, 15) is 13.6 Å². The Hall–Kier alpha value is -5.07. The molecule has 2 heterocycles. The zero-order valence-electron chi connectivity index (χ0n) is 22.0. The molecule has 1 atom stereocenters. The lowest BCUT2D eigenvalue weighted by molar-refractivity contribution is 0.0992. The van der Waals surface area contributed by atoms with Crippen LogP contribution in [0.1, 0.15) is 15.9 Å². The number of para-hydroxylation sites is 2. The van der Waals surface area contributed by atoms with Gasteiger partial charge >= 0.3 is 5.91 Å². The number of hydrogen-bond acceptors (Lipinski definition) is 8. The van der Waals surface area contributed by atoms with Crippen LogP contribution in [0.2, 0.25) is 5.02 Å². The first-order chi connectivity index (χ1) is 20.4. The SMILES string of the molecule is COc1ccc(Cl)c(Nc2nc3ccccc3nc2N(c2cccc(C(=O)N=[N+]=NCc3cccnc3)c2)S(=O)O)c1. The van der Waals surface area contributed by atoms with E-state index in [4.69, 9.17) is 16.3 Å². The van der Waals surface area contributed by atoms with E-state index < -0.39 is 17.2 Å². The summed E-state index contributed by atoms with van der Waals surface area (Å²) >= 11 is 3.78. The normalized spacial score (nSPS) is 11.3. The van der Waals surface area contributed by atoms with E-state index in [-0.39, 0.29) is 29.4 Å². The number of pyridine rings is 1. The van der Waals surface area contributed by atoms with E-state index in [2.05, 4.69) is 35.4 Å². The second-order valence-corrected chi connectivity index (χ2v) is 9.82. The summed E-state index contributed by atoms with van der Waals surface area (Å²) in [6.45, 7) is 0.204. The van der Waals surface area contributed by atoms with Crippen molar-refractivity contribution in [1.29, 1.82) is 0 Å². The van der Waals surface area contributed by atoms with Gasteiger partial charge in [-0.05, 0) is 54.1 Å². The third-order valence-electron chi connectivity index (χ3n) is 5.83. The van der Waals surface area contributed by atoms with Gasteiger partial charge in [-0.3, -0.25) is 14.3 Å². The van der Waals surface area contributed by atoms with Gasteiger partial charge < -0.3 is 10.1 Å². The van der Waals surface area contributed by atoms with Crippen molar-refractivity contribution in [3.05, 3.63) is 107 Å². The fourth-order valence-corrected chi connectivity index (χ4v) is 4.59. The smallest absolute Gasteiger partial charge is 0.360 e. The van der Waals surface area contributed by atoms with Gasteiger partial charge in [0.25, 0.3) is 11.3 Å². The summed E-state index contributed by atoms with van der Waals surface area (Å²) in [5.41, 5.74) is 2.54. The minimum absolute atomic E-state index is 0.00566. The number of rotatable bonds is 9. The maximum atomic E-state index is 12.8. The number of halogens is 1. The van der Waals surface area contributed by atoms with Crippen LogP contribution in [0, 0.1) is 0 Å². The minimum atomic E-state index is -2.63. The lowest BCUT2D eigenvalue weighted by Crippen LogP contribution is -2.22. The molecule has 0 spiro atoms. The molecule has 12 nitrogen and oxygen atoms in total. The van der Waals surface area contributed by atoms with Crippen molar-refractivity contribution in [2.45, 2.75) is 6.54 Å². The van der Waals surface area contributed by atoms with Crippen molar-refractivity contribution >= 4 is 62.8 Å². The van der Waals surface area contributed by atoms with E-state index >= 15 is 0 Å². The molecule has 0 bridgehead atoms. The molecule has 210 valence electrons. The average molecular weight is 602 g/mol. The zero-order valence-corrected chi connectivity index (χ0v) is 23.5. The van der Waals surface area contributed by atoms with Gasteiger partial charge in [0, 0.05) is 18.5 Å². The zero-order chi connectivity index (χ0) is 29.5. The van der Waals surface area contributed by atoms with Crippen LogP contribution in [0.15, 0.2) is 101 Å². The third-order valence-corrected chi connectivity index (χ3v) is 6.86. The Morgan fingerprint density at radius 1 is 1.07 bits per heavy atom. The number of amides is 1.